The molecule has 1 aromatic heterocycles. The van der Waals surface area contributed by atoms with E-state index >= 15 is 0 Å². The summed E-state index contributed by atoms with van der Waals surface area (Å²) in [6.45, 7) is 13.1. The van der Waals surface area contributed by atoms with Crippen LogP contribution in [0, 0.1) is 5.92 Å². The number of pyridine rings is 1. The molecule has 1 fully saturated rings. The SMILES string of the molecule is COCOc1cc(OCCCN(C(=O)OC(C)(C)C)c2ccccn2)cc2c1C(=O)O[C@@H](C)[C@H](C)/C=C\C(O)C1OC(C)(C)OC1CC=C2. The standard InChI is InChI=1S/C37H50N2O10/c1-24-16-17-28(40)33-29(47-37(6,7)48-33)14-11-13-26-21-27(22-30(45-23-43-8)32(26)34(41)46-25(24)2)44-20-12-19-39(31-15-9-10-18-38-31)35(42)49-36(3,4)5/h9-11,13,15-18,21-22,24-25,28-29,33,40H,12,14,19-20,23H2,1-8H3/b13-11?,17-16-/t24-,25+,28?,29?,33?/m1/s1. The third-order valence-electron chi connectivity index (χ3n) is 7.85. The number of hydrogen-bond acceptors (Lipinski definition) is 11. The van der Waals surface area contributed by atoms with Gasteiger partial charge in [0.05, 0.1) is 12.7 Å². The van der Waals surface area contributed by atoms with Crippen molar-refractivity contribution in [1.82, 2.24) is 4.98 Å². The first-order valence-electron chi connectivity index (χ1n) is 16.6. The highest BCUT2D eigenvalue weighted by Gasteiger charge is 2.43. The predicted octanol–water partition coefficient (Wildman–Crippen LogP) is 6.31. The Balaban J connectivity index is 1.61. The quantitative estimate of drug-likeness (QED) is 0.138. The number of rotatable bonds is 9. The highest BCUT2D eigenvalue weighted by Crippen LogP contribution is 2.35. The molecule has 0 bridgehead atoms. The Hall–Kier alpha value is -3.97. The number of anilines is 1. The van der Waals surface area contributed by atoms with Crippen LogP contribution in [0.5, 0.6) is 11.5 Å². The molecule has 1 aromatic carbocycles. The van der Waals surface area contributed by atoms with Crippen LogP contribution < -0.4 is 14.4 Å². The third kappa shape index (κ3) is 10.8. The van der Waals surface area contributed by atoms with Crippen LogP contribution >= 0.6 is 0 Å². The van der Waals surface area contributed by atoms with Crippen LogP contribution in [-0.4, -0.2) is 85.0 Å². The van der Waals surface area contributed by atoms with Crippen LogP contribution in [0.3, 0.4) is 0 Å². The van der Waals surface area contributed by atoms with Crippen molar-refractivity contribution in [3.05, 3.63) is 65.9 Å². The van der Waals surface area contributed by atoms with Gasteiger partial charge in [-0.3, -0.25) is 4.90 Å². The van der Waals surface area contributed by atoms with Crippen molar-refractivity contribution < 1.29 is 47.9 Å². The predicted molar refractivity (Wildman–Crippen MR) is 184 cm³/mol. The number of aliphatic hydroxyl groups is 1. The second-order valence-corrected chi connectivity index (χ2v) is 13.6. The number of fused-ring (bicyclic) bond motifs is 2. The van der Waals surface area contributed by atoms with Gasteiger partial charge in [0.2, 0.25) is 0 Å². The molecule has 0 saturated carbocycles. The number of aliphatic hydroxyl groups excluding tert-OH is 1. The molecule has 4 rings (SSSR count). The van der Waals surface area contributed by atoms with Gasteiger partial charge in [0.1, 0.15) is 46.8 Å². The van der Waals surface area contributed by atoms with Crippen LogP contribution in [0.25, 0.3) is 6.08 Å². The van der Waals surface area contributed by atoms with Crippen LogP contribution in [0.1, 0.15) is 77.2 Å². The monoisotopic (exact) mass is 682 g/mol. The van der Waals surface area contributed by atoms with E-state index in [1.807, 2.05) is 53.7 Å². The molecule has 1 N–H and O–H groups in total. The molecule has 2 aliphatic rings. The second-order valence-electron chi connectivity index (χ2n) is 13.6. The summed E-state index contributed by atoms with van der Waals surface area (Å²) in [6, 6.07) is 8.68. The van der Waals surface area contributed by atoms with Crippen molar-refractivity contribution in [3.63, 3.8) is 0 Å². The maximum absolute atomic E-state index is 13.7. The summed E-state index contributed by atoms with van der Waals surface area (Å²) in [5, 5.41) is 11.0. The van der Waals surface area contributed by atoms with E-state index in [4.69, 9.17) is 33.2 Å². The van der Waals surface area contributed by atoms with Crippen LogP contribution in [0.15, 0.2) is 54.8 Å². The maximum Gasteiger partial charge on any atom is 0.416 e. The summed E-state index contributed by atoms with van der Waals surface area (Å²) in [5.74, 6) is -0.540. The number of cyclic esters (lactones) is 1. The number of nitrogens with zero attached hydrogens (tertiary/aromatic N) is 2. The molecule has 0 radical (unpaired) electrons. The van der Waals surface area contributed by atoms with Gasteiger partial charge in [-0.15, -0.1) is 0 Å². The third-order valence-corrected chi connectivity index (χ3v) is 7.85. The van der Waals surface area contributed by atoms with Gasteiger partial charge in [-0.05, 0) is 78.1 Å². The Labute approximate surface area is 288 Å². The number of carbonyl (C=O) groups is 2. The molecule has 1 saturated heterocycles. The fraction of sp³-hybridized carbons (Fsp3) is 0.541. The van der Waals surface area contributed by atoms with Crippen LogP contribution in [0.4, 0.5) is 10.6 Å². The molecule has 268 valence electrons. The number of esters is 1. The molecule has 49 heavy (non-hydrogen) atoms. The Morgan fingerprint density at radius 2 is 1.90 bits per heavy atom. The van der Waals surface area contributed by atoms with Crippen molar-refractivity contribution in [2.45, 2.75) is 97.1 Å². The highest BCUT2D eigenvalue weighted by molar-refractivity contribution is 5.97. The molecule has 3 heterocycles. The van der Waals surface area contributed by atoms with Gasteiger partial charge >= 0.3 is 12.1 Å². The van der Waals surface area contributed by atoms with E-state index in [1.54, 1.807) is 55.6 Å². The molecule has 2 aliphatic heterocycles. The van der Waals surface area contributed by atoms with E-state index in [9.17, 15) is 14.7 Å². The number of benzene rings is 1. The smallest absolute Gasteiger partial charge is 0.416 e. The molecule has 12 nitrogen and oxygen atoms in total. The van der Waals surface area contributed by atoms with Gasteiger partial charge in [-0.1, -0.05) is 37.3 Å². The molecule has 3 unspecified atom stereocenters. The fourth-order valence-electron chi connectivity index (χ4n) is 5.38. The van der Waals surface area contributed by atoms with E-state index in [2.05, 4.69) is 4.98 Å². The molecule has 5 atom stereocenters. The van der Waals surface area contributed by atoms with Gasteiger partial charge in [0.15, 0.2) is 12.6 Å². The van der Waals surface area contributed by atoms with Crippen LogP contribution in [0.2, 0.25) is 0 Å². The minimum atomic E-state index is -0.918. The van der Waals surface area contributed by atoms with Crippen molar-refractivity contribution in [2.24, 2.45) is 5.92 Å². The maximum atomic E-state index is 13.7. The summed E-state index contributed by atoms with van der Waals surface area (Å²) < 4.78 is 40.9. The minimum Gasteiger partial charge on any atom is -0.493 e. The topological polar surface area (TPSA) is 135 Å². The van der Waals surface area contributed by atoms with E-state index in [0.29, 0.717) is 30.0 Å². The zero-order chi connectivity index (χ0) is 35.8. The molecule has 0 spiro atoms. The van der Waals surface area contributed by atoms with E-state index in [1.165, 1.54) is 12.0 Å². The second kappa shape index (κ2) is 16.6. The zero-order valence-electron chi connectivity index (χ0n) is 29.7. The first kappa shape index (κ1) is 37.8. The summed E-state index contributed by atoms with van der Waals surface area (Å²) in [5.41, 5.74) is 0.0382. The highest BCUT2D eigenvalue weighted by atomic mass is 16.8. The largest absolute Gasteiger partial charge is 0.493 e. The summed E-state index contributed by atoms with van der Waals surface area (Å²) in [4.78, 5) is 32.5. The van der Waals surface area contributed by atoms with Crippen molar-refractivity contribution in [3.8, 4) is 11.5 Å². The van der Waals surface area contributed by atoms with E-state index in [-0.39, 0.29) is 37.2 Å². The van der Waals surface area contributed by atoms with Crippen molar-refractivity contribution in [1.29, 1.82) is 0 Å². The summed E-state index contributed by atoms with van der Waals surface area (Å²) in [6.07, 6.45) is 6.59. The zero-order valence-corrected chi connectivity index (χ0v) is 29.7. The summed E-state index contributed by atoms with van der Waals surface area (Å²) >= 11 is 0. The number of ether oxygens (including phenoxy) is 7. The Bertz CT molecular complexity index is 1470. The van der Waals surface area contributed by atoms with E-state index in [0.717, 1.165) is 0 Å². The molecule has 2 aromatic rings. The van der Waals surface area contributed by atoms with Gasteiger partial charge in [0.25, 0.3) is 0 Å². The Morgan fingerprint density at radius 1 is 1.12 bits per heavy atom. The number of methoxy groups -OCH3 is 1. The van der Waals surface area contributed by atoms with Crippen molar-refractivity contribution >= 4 is 24.0 Å². The van der Waals surface area contributed by atoms with E-state index < -0.39 is 47.9 Å². The first-order valence-corrected chi connectivity index (χ1v) is 16.6. The number of amides is 1. The molecule has 1 amide bonds. The van der Waals surface area contributed by atoms with Gasteiger partial charge < -0.3 is 38.3 Å². The molecule has 12 heteroatoms. The average molecular weight is 683 g/mol. The average Bonchev–Trinajstić information content (AvgIpc) is 3.35. The normalized spacial score (nSPS) is 24.5. The van der Waals surface area contributed by atoms with Gasteiger partial charge in [-0.25, -0.2) is 14.6 Å². The minimum absolute atomic E-state index is 0.113. The first-order chi connectivity index (χ1) is 23.2. The van der Waals surface area contributed by atoms with Gasteiger partial charge in [-0.2, -0.15) is 0 Å². The lowest BCUT2D eigenvalue weighted by Gasteiger charge is -2.26. The number of hydrogen-bond donors (Lipinski definition) is 1. The lowest BCUT2D eigenvalue weighted by Crippen LogP contribution is -2.38. The lowest BCUT2D eigenvalue weighted by atomic mass is 9.99. The fourth-order valence-corrected chi connectivity index (χ4v) is 5.38. The molecular formula is C37H50N2O10. The number of aromatic nitrogens is 1. The van der Waals surface area contributed by atoms with Gasteiger partial charge in [0, 0.05) is 31.8 Å². The molecule has 0 aliphatic carbocycles. The lowest BCUT2D eigenvalue weighted by molar-refractivity contribution is -0.152. The summed E-state index contributed by atoms with van der Waals surface area (Å²) in [7, 11) is 1.49. The van der Waals surface area contributed by atoms with Crippen LogP contribution in [-0.2, 0) is 23.7 Å². The molecular weight excluding hydrogens is 632 g/mol. The Kier molecular flexibility index (Phi) is 12.8. The number of carbonyl (C=O) groups excluding carboxylic acids is 2. The Morgan fingerprint density at radius 3 is 2.59 bits per heavy atom. The van der Waals surface area contributed by atoms with Crippen molar-refractivity contribution in [2.75, 3.05) is 32.0 Å².